The van der Waals surface area contributed by atoms with Gasteiger partial charge < -0.3 is 10.5 Å². The van der Waals surface area contributed by atoms with E-state index < -0.39 is 0 Å². The fourth-order valence-corrected chi connectivity index (χ4v) is 0.144. The molecule has 0 aliphatic rings. The normalized spacial score (nSPS) is 8.40. The second-order valence-corrected chi connectivity index (χ2v) is 0.846. The molecule has 0 aromatic carbocycles. The average Bonchev–Trinajstić information content (AvgIpc) is 1.41. The molecule has 0 saturated heterocycles. The molecular formula is C3H10NO+. The van der Waals surface area contributed by atoms with Crippen LogP contribution in [0.4, 0.5) is 0 Å². The maximum Gasteiger partial charge on any atom is 0.0977 e. The highest BCUT2D eigenvalue weighted by atomic mass is 16.5. The summed E-state index contributed by atoms with van der Waals surface area (Å²) in [6.45, 7) is 1.65. The molecule has 0 radical (unpaired) electrons. The lowest BCUT2D eigenvalue weighted by Crippen LogP contribution is -2.52. The highest BCUT2D eigenvalue weighted by Crippen LogP contribution is 1.51. The summed E-state index contributed by atoms with van der Waals surface area (Å²) >= 11 is 0. The van der Waals surface area contributed by atoms with E-state index in [2.05, 4.69) is 10.5 Å². The molecule has 0 aliphatic carbocycles. The number of quaternary nitrogens is 1. The summed E-state index contributed by atoms with van der Waals surface area (Å²) in [7, 11) is 1.67. The molecule has 0 aromatic heterocycles. The first-order chi connectivity index (χ1) is 2.41. The molecule has 0 spiro atoms. The molecule has 32 valence electrons. The van der Waals surface area contributed by atoms with Crippen molar-refractivity contribution in [1.29, 1.82) is 0 Å². The summed E-state index contributed by atoms with van der Waals surface area (Å²) in [5.41, 5.74) is 3.55. The minimum Gasteiger partial charge on any atom is -0.379 e. The Morgan fingerprint density at radius 2 is 2.40 bits per heavy atom. The van der Waals surface area contributed by atoms with Gasteiger partial charge in [-0.25, -0.2) is 0 Å². The monoisotopic (exact) mass is 76.1 g/mol. The predicted octanol–water partition coefficient (Wildman–Crippen LogP) is -1.13. The van der Waals surface area contributed by atoms with Crippen LogP contribution in [0.25, 0.3) is 0 Å². The van der Waals surface area contributed by atoms with Crippen molar-refractivity contribution in [3.63, 3.8) is 0 Å². The molecule has 0 heterocycles. The lowest BCUT2D eigenvalue weighted by Gasteiger charge is -1.82. The van der Waals surface area contributed by atoms with Gasteiger partial charge in [0.15, 0.2) is 0 Å². The quantitative estimate of drug-likeness (QED) is 0.444. The van der Waals surface area contributed by atoms with Crippen molar-refractivity contribution in [2.75, 3.05) is 20.3 Å². The van der Waals surface area contributed by atoms with E-state index in [0.29, 0.717) is 0 Å². The van der Waals surface area contributed by atoms with Crippen molar-refractivity contribution in [2.45, 2.75) is 0 Å². The zero-order chi connectivity index (χ0) is 4.12. The Labute approximate surface area is 31.9 Å². The van der Waals surface area contributed by atoms with E-state index in [-0.39, 0.29) is 0 Å². The number of hydrogen-bond donors (Lipinski definition) is 1. The summed E-state index contributed by atoms with van der Waals surface area (Å²) in [6, 6.07) is 0. The predicted molar refractivity (Wildman–Crippen MR) is 19.6 cm³/mol. The standard InChI is InChI=1S/C3H9NO/c1-5-3-2-4/h2-4H2,1H3/p+1. The van der Waals surface area contributed by atoms with E-state index in [0.717, 1.165) is 13.2 Å². The van der Waals surface area contributed by atoms with Crippen LogP contribution in [0.3, 0.4) is 0 Å². The molecule has 0 rings (SSSR count). The van der Waals surface area contributed by atoms with Gasteiger partial charge in [-0.15, -0.1) is 0 Å². The topological polar surface area (TPSA) is 36.9 Å². The first kappa shape index (κ1) is 4.92. The number of rotatable bonds is 2. The Hall–Kier alpha value is -0.0800. The smallest absolute Gasteiger partial charge is 0.0977 e. The Bertz CT molecular complexity index is 14.4. The third-order valence-electron chi connectivity index (χ3n) is 0.348. The molecule has 0 fully saturated rings. The van der Waals surface area contributed by atoms with Crippen molar-refractivity contribution in [2.24, 2.45) is 0 Å². The maximum absolute atomic E-state index is 4.63. The van der Waals surface area contributed by atoms with Crippen LogP contribution in [0.15, 0.2) is 0 Å². The van der Waals surface area contributed by atoms with E-state index in [9.17, 15) is 0 Å². The number of ether oxygens (including phenoxy) is 1. The van der Waals surface area contributed by atoms with Crippen LogP contribution in [0, 0.1) is 0 Å². The van der Waals surface area contributed by atoms with Crippen molar-refractivity contribution in [3.8, 4) is 0 Å². The van der Waals surface area contributed by atoms with Crippen LogP contribution in [-0.2, 0) is 4.74 Å². The van der Waals surface area contributed by atoms with Crippen molar-refractivity contribution in [1.82, 2.24) is 0 Å². The average molecular weight is 76.1 g/mol. The van der Waals surface area contributed by atoms with Gasteiger partial charge in [0.25, 0.3) is 0 Å². The molecule has 0 aromatic rings. The van der Waals surface area contributed by atoms with Crippen LogP contribution < -0.4 is 5.73 Å². The summed E-state index contributed by atoms with van der Waals surface area (Å²) in [6.07, 6.45) is 0. The van der Waals surface area contributed by atoms with Gasteiger partial charge in [-0.05, 0) is 0 Å². The third kappa shape index (κ3) is 3.92. The van der Waals surface area contributed by atoms with E-state index in [1.54, 1.807) is 7.11 Å². The van der Waals surface area contributed by atoms with Crippen LogP contribution in [0.1, 0.15) is 0 Å². The molecule has 5 heavy (non-hydrogen) atoms. The van der Waals surface area contributed by atoms with Gasteiger partial charge in [0.1, 0.15) is 0 Å². The fraction of sp³-hybridized carbons (Fsp3) is 1.00. The Morgan fingerprint density at radius 3 is 2.40 bits per heavy atom. The molecule has 0 atom stereocenters. The zero-order valence-corrected chi connectivity index (χ0v) is 3.53. The molecule has 0 saturated carbocycles. The van der Waals surface area contributed by atoms with Gasteiger partial charge in [0.2, 0.25) is 0 Å². The van der Waals surface area contributed by atoms with E-state index in [4.69, 9.17) is 0 Å². The van der Waals surface area contributed by atoms with Crippen molar-refractivity contribution >= 4 is 0 Å². The van der Waals surface area contributed by atoms with Gasteiger partial charge in [-0.2, -0.15) is 0 Å². The van der Waals surface area contributed by atoms with E-state index in [1.165, 1.54) is 0 Å². The molecule has 3 N–H and O–H groups in total. The van der Waals surface area contributed by atoms with Gasteiger partial charge in [0.05, 0.1) is 13.2 Å². The zero-order valence-electron chi connectivity index (χ0n) is 3.53. The molecule has 0 unspecified atom stereocenters. The number of hydrogen-bond acceptors (Lipinski definition) is 1. The van der Waals surface area contributed by atoms with E-state index in [1.807, 2.05) is 0 Å². The van der Waals surface area contributed by atoms with Crippen LogP contribution in [-0.4, -0.2) is 20.3 Å². The second-order valence-electron chi connectivity index (χ2n) is 0.846. The first-order valence-electron chi connectivity index (χ1n) is 1.70. The third-order valence-corrected chi connectivity index (χ3v) is 0.348. The summed E-state index contributed by atoms with van der Waals surface area (Å²) in [5.74, 6) is 0. The van der Waals surface area contributed by atoms with Crippen molar-refractivity contribution < 1.29 is 10.5 Å². The highest BCUT2D eigenvalue weighted by Gasteiger charge is 1.69. The SMILES string of the molecule is COCC[NH3+]. The molecular weight excluding hydrogens is 66.0 g/mol. The molecule has 0 bridgehead atoms. The maximum atomic E-state index is 4.63. The number of methoxy groups -OCH3 is 1. The molecule has 2 heteroatoms. The first-order valence-corrected chi connectivity index (χ1v) is 1.70. The highest BCUT2D eigenvalue weighted by molar-refractivity contribution is 4.10. The summed E-state index contributed by atoms with van der Waals surface area (Å²) in [5, 5.41) is 0. The van der Waals surface area contributed by atoms with Crippen LogP contribution >= 0.6 is 0 Å². The van der Waals surface area contributed by atoms with Gasteiger partial charge >= 0.3 is 0 Å². The van der Waals surface area contributed by atoms with Crippen molar-refractivity contribution in [3.05, 3.63) is 0 Å². The Morgan fingerprint density at radius 1 is 1.80 bits per heavy atom. The largest absolute Gasteiger partial charge is 0.379 e. The molecule has 0 amide bonds. The minimum atomic E-state index is 0.778. The Balaban J connectivity index is 2.19. The fourth-order valence-electron chi connectivity index (χ4n) is 0.144. The molecule has 2 nitrogen and oxygen atoms in total. The Kier molecular flexibility index (Phi) is 3.86. The lowest BCUT2D eigenvalue weighted by atomic mass is 10.7. The van der Waals surface area contributed by atoms with Crippen LogP contribution in [0.2, 0.25) is 0 Å². The van der Waals surface area contributed by atoms with Gasteiger partial charge in [-0.3, -0.25) is 0 Å². The second kappa shape index (κ2) is 3.92. The lowest BCUT2D eigenvalue weighted by molar-refractivity contribution is -0.373. The van der Waals surface area contributed by atoms with Gasteiger partial charge in [0, 0.05) is 7.11 Å². The van der Waals surface area contributed by atoms with Gasteiger partial charge in [-0.1, -0.05) is 0 Å². The van der Waals surface area contributed by atoms with Crippen LogP contribution in [0.5, 0.6) is 0 Å². The summed E-state index contributed by atoms with van der Waals surface area (Å²) < 4.78 is 4.63. The minimum absolute atomic E-state index is 0.778. The summed E-state index contributed by atoms with van der Waals surface area (Å²) in [4.78, 5) is 0. The van der Waals surface area contributed by atoms with E-state index >= 15 is 0 Å². The molecule has 0 aliphatic heterocycles.